The predicted octanol–water partition coefficient (Wildman–Crippen LogP) is 4.21. The van der Waals surface area contributed by atoms with Crippen molar-refractivity contribution in [2.24, 2.45) is 11.0 Å². The molecule has 2 bridgehead atoms. The Labute approximate surface area is 173 Å². The lowest BCUT2D eigenvalue weighted by Crippen LogP contribution is -2.46. The summed E-state index contributed by atoms with van der Waals surface area (Å²) in [5, 5.41) is 6.94. The molecule has 3 heterocycles. The van der Waals surface area contributed by atoms with Gasteiger partial charge in [0, 0.05) is 44.0 Å². The summed E-state index contributed by atoms with van der Waals surface area (Å²) in [6.07, 6.45) is 10.3. The van der Waals surface area contributed by atoms with Crippen LogP contribution in [0.2, 0.25) is 0 Å². The number of nitrogens with zero attached hydrogens (tertiary/aromatic N) is 4. The fourth-order valence-electron chi connectivity index (χ4n) is 5.60. The van der Waals surface area contributed by atoms with Gasteiger partial charge >= 0.3 is 0 Å². The minimum absolute atomic E-state index is 0.385. The Bertz CT molecular complexity index is 814. The maximum atomic E-state index is 5.80. The molecule has 152 valence electrons. The Hall–Kier alpha value is -2.40. The number of rotatable bonds is 6. The van der Waals surface area contributed by atoms with Crippen molar-refractivity contribution in [3.8, 4) is 0 Å². The van der Waals surface area contributed by atoms with Crippen LogP contribution in [0.3, 0.4) is 0 Å². The van der Waals surface area contributed by atoms with E-state index in [0.717, 1.165) is 30.8 Å². The highest BCUT2D eigenvalue weighted by Crippen LogP contribution is 2.42. The van der Waals surface area contributed by atoms with Crippen LogP contribution >= 0.6 is 0 Å². The van der Waals surface area contributed by atoms with Crippen LogP contribution in [-0.4, -0.2) is 46.7 Å². The molecule has 3 unspecified atom stereocenters. The van der Waals surface area contributed by atoms with E-state index in [2.05, 4.69) is 51.3 Å². The van der Waals surface area contributed by atoms with Gasteiger partial charge in [-0.05, 0) is 43.2 Å². The molecule has 0 amide bonds. The fraction of sp³-hybridized carbons (Fsp3) is 0.500. The second kappa shape index (κ2) is 7.79. The van der Waals surface area contributed by atoms with E-state index in [1.807, 2.05) is 25.4 Å². The molecule has 29 heavy (non-hydrogen) atoms. The van der Waals surface area contributed by atoms with Gasteiger partial charge in [0.2, 0.25) is 5.90 Å². The van der Waals surface area contributed by atoms with Crippen LogP contribution in [0.15, 0.2) is 60.0 Å². The fourth-order valence-corrected chi connectivity index (χ4v) is 5.60. The van der Waals surface area contributed by atoms with Gasteiger partial charge in [0.25, 0.3) is 0 Å². The number of fused-ring (bicyclic) bond motifs is 2. The molecule has 0 spiro atoms. The van der Waals surface area contributed by atoms with Crippen molar-refractivity contribution >= 4 is 5.90 Å². The van der Waals surface area contributed by atoms with Crippen LogP contribution in [0.1, 0.15) is 50.2 Å². The molecule has 5 heteroatoms. The molecule has 0 radical (unpaired) electrons. The van der Waals surface area contributed by atoms with Crippen molar-refractivity contribution in [2.75, 3.05) is 19.8 Å². The molecule has 2 aromatic rings. The molecule has 3 atom stereocenters. The molecule has 2 fully saturated rings. The maximum absolute atomic E-state index is 5.80. The third kappa shape index (κ3) is 3.42. The van der Waals surface area contributed by atoms with Crippen molar-refractivity contribution < 1.29 is 4.74 Å². The van der Waals surface area contributed by atoms with Gasteiger partial charge in [-0.15, -0.1) is 5.10 Å². The lowest BCUT2D eigenvalue weighted by atomic mass is 9.80. The van der Waals surface area contributed by atoms with Gasteiger partial charge in [-0.25, -0.2) is 5.01 Å². The van der Waals surface area contributed by atoms with Gasteiger partial charge in [0.15, 0.2) is 6.73 Å². The first-order chi connectivity index (χ1) is 14.3. The molecule has 1 saturated carbocycles. The average Bonchev–Trinajstić information content (AvgIpc) is 3.33. The Morgan fingerprint density at radius 1 is 1.10 bits per heavy atom. The smallest absolute Gasteiger partial charge is 0.204 e. The topological polar surface area (TPSA) is 41.0 Å². The van der Waals surface area contributed by atoms with Crippen molar-refractivity contribution in [1.82, 2.24) is 14.9 Å². The lowest BCUT2D eigenvalue weighted by molar-refractivity contribution is 0.0523. The number of ether oxygens (including phenoxy) is 1. The zero-order chi connectivity index (χ0) is 19.7. The highest BCUT2D eigenvalue weighted by atomic mass is 16.5. The molecule has 1 saturated heterocycles. The molecule has 3 aliphatic rings. The van der Waals surface area contributed by atoms with E-state index in [4.69, 9.17) is 9.84 Å². The van der Waals surface area contributed by atoms with E-state index in [0.29, 0.717) is 6.73 Å². The molecule has 2 aliphatic heterocycles. The van der Waals surface area contributed by atoms with Gasteiger partial charge in [-0.1, -0.05) is 42.8 Å². The van der Waals surface area contributed by atoms with Crippen LogP contribution in [0.4, 0.5) is 0 Å². The molecule has 5 nitrogen and oxygen atoms in total. The summed E-state index contributed by atoms with van der Waals surface area (Å²) >= 11 is 0. The number of pyridine rings is 1. The highest BCUT2D eigenvalue weighted by Gasteiger charge is 2.44. The van der Waals surface area contributed by atoms with E-state index in [-0.39, 0.29) is 5.54 Å². The second-order valence-corrected chi connectivity index (χ2v) is 8.69. The normalized spacial score (nSPS) is 26.1. The van der Waals surface area contributed by atoms with E-state index >= 15 is 0 Å². The van der Waals surface area contributed by atoms with E-state index in [9.17, 15) is 0 Å². The van der Waals surface area contributed by atoms with Crippen LogP contribution < -0.4 is 0 Å². The second-order valence-electron chi connectivity index (χ2n) is 8.69. The van der Waals surface area contributed by atoms with Crippen molar-refractivity contribution in [2.45, 2.75) is 50.6 Å². The summed E-state index contributed by atoms with van der Waals surface area (Å²) in [5.74, 6) is 1.62. The Balaban J connectivity index is 1.54. The van der Waals surface area contributed by atoms with Crippen LogP contribution in [0, 0.1) is 5.92 Å². The first-order valence-electron chi connectivity index (χ1n) is 10.9. The van der Waals surface area contributed by atoms with Gasteiger partial charge < -0.3 is 4.74 Å². The largest absolute Gasteiger partial charge is 0.457 e. The lowest BCUT2D eigenvalue weighted by Gasteiger charge is -2.41. The van der Waals surface area contributed by atoms with Crippen molar-refractivity contribution in [3.05, 3.63) is 66.0 Å². The van der Waals surface area contributed by atoms with Gasteiger partial charge in [0.1, 0.15) is 5.54 Å². The predicted molar refractivity (Wildman–Crippen MR) is 114 cm³/mol. The first kappa shape index (κ1) is 18.6. The molecular formula is C24H30N4O. The Kier molecular flexibility index (Phi) is 5.00. The third-order valence-corrected chi connectivity index (χ3v) is 7.01. The number of benzene rings is 1. The summed E-state index contributed by atoms with van der Waals surface area (Å²) in [6.45, 7) is 4.72. The standard InChI is InChI=1S/C24H30N4O/c1-19-26-28(18-29-19)24(21-8-3-2-4-9-21,22-10-6-13-25-16-22)12-14-27-17-20-7-5-11-23(27)15-20/h2-4,6,8-10,13,16,20,23H,5,7,11-12,14-15,17-18H2,1H3. The number of hydrogen-bond acceptors (Lipinski definition) is 5. The molecule has 0 N–H and O–H groups in total. The summed E-state index contributed by atoms with van der Waals surface area (Å²) in [5.41, 5.74) is 2.04. The molecule has 1 aromatic heterocycles. The van der Waals surface area contributed by atoms with Crippen molar-refractivity contribution in [3.63, 3.8) is 0 Å². The number of hydrazone groups is 1. The zero-order valence-electron chi connectivity index (χ0n) is 17.2. The summed E-state index contributed by atoms with van der Waals surface area (Å²) < 4.78 is 5.80. The van der Waals surface area contributed by atoms with Gasteiger partial charge in [-0.2, -0.15) is 0 Å². The van der Waals surface area contributed by atoms with Crippen molar-refractivity contribution in [1.29, 1.82) is 0 Å². The SMILES string of the molecule is CC1=NN(C(CCN2CC3CCCC2C3)(c2ccccc2)c2cccnc2)CO1. The molecule has 1 aromatic carbocycles. The number of hydrogen-bond donors (Lipinski definition) is 0. The Morgan fingerprint density at radius 3 is 2.69 bits per heavy atom. The Morgan fingerprint density at radius 2 is 1.97 bits per heavy atom. The number of aromatic nitrogens is 1. The van der Waals surface area contributed by atoms with Gasteiger partial charge in [-0.3, -0.25) is 9.88 Å². The zero-order valence-corrected chi connectivity index (χ0v) is 17.2. The summed E-state index contributed by atoms with van der Waals surface area (Å²) in [6, 6.07) is 15.7. The number of likely N-dealkylation sites (tertiary alicyclic amines) is 1. The summed E-state index contributed by atoms with van der Waals surface area (Å²) in [4.78, 5) is 7.21. The monoisotopic (exact) mass is 390 g/mol. The third-order valence-electron chi connectivity index (χ3n) is 7.01. The van der Waals surface area contributed by atoms with Crippen LogP contribution in [-0.2, 0) is 10.3 Å². The minimum Gasteiger partial charge on any atom is -0.457 e. The molecular weight excluding hydrogens is 360 g/mol. The quantitative estimate of drug-likeness (QED) is 0.741. The average molecular weight is 391 g/mol. The molecule has 5 rings (SSSR count). The molecule has 1 aliphatic carbocycles. The van der Waals surface area contributed by atoms with Crippen LogP contribution in [0.25, 0.3) is 0 Å². The summed E-state index contributed by atoms with van der Waals surface area (Å²) in [7, 11) is 0. The van der Waals surface area contributed by atoms with Crippen LogP contribution in [0.5, 0.6) is 0 Å². The highest BCUT2D eigenvalue weighted by molar-refractivity contribution is 5.74. The van der Waals surface area contributed by atoms with Gasteiger partial charge in [0.05, 0.1) is 0 Å². The van der Waals surface area contributed by atoms with E-state index < -0.39 is 0 Å². The maximum Gasteiger partial charge on any atom is 0.204 e. The minimum atomic E-state index is -0.385. The first-order valence-corrected chi connectivity index (χ1v) is 10.9. The van der Waals surface area contributed by atoms with E-state index in [1.54, 1.807) is 0 Å². The van der Waals surface area contributed by atoms with E-state index in [1.165, 1.54) is 43.4 Å².